The molecular formula is C20H33N3O2. The quantitative estimate of drug-likeness (QED) is 0.580. The van der Waals surface area contributed by atoms with Gasteiger partial charge in [-0.15, -0.1) is 0 Å². The van der Waals surface area contributed by atoms with Crippen molar-refractivity contribution in [1.29, 1.82) is 0 Å². The lowest BCUT2D eigenvalue weighted by Crippen LogP contribution is -2.41. The number of guanidine groups is 1. The van der Waals surface area contributed by atoms with Gasteiger partial charge in [0.2, 0.25) is 0 Å². The van der Waals surface area contributed by atoms with Gasteiger partial charge in [-0.3, -0.25) is 4.99 Å². The average molecular weight is 348 g/mol. The lowest BCUT2D eigenvalue weighted by Gasteiger charge is -2.24. The van der Waals surface area contributed by atoms with Crippen molar-refractivity contribution in [2.45, 2.75) is 32.6 Å². The highest BCUT2D eigenvalue weighted by Crippen LogP contribution is 2.21. The molecule has 0 aliphatic carbocycles. The first kappa shape index (κ1) is 19.6. The molecule has 0 spiro atoms. The summed E-state index contributed by atoms with van der Waals surface area (Å²) in [6.07, 6.45) is 2.18. The molecule has 1 heterocycles. The molecule has 2 unspecified atom stereocenters. The number of benzene rings is 1. The molecule has 1 aliphatic heterocycles. The molecule has 2 atom stereocenters. The van der Waals surface area contributed by atoms with Crippen LogP contribution in [-0.2, 0) is 4.74 Å². The summed E-state index contributed by atoms with van der Waals surface area (Å²) in [6, 6.07) is 8.34. The molecule has 1 aliphatic rings. The van der Waals surface area contributed by atoms with Crippen molar-refractivity contribution in [2.75, 3.05) is 47.0 Å². The van der Waals surface area contributed by atoms with E-state index in [1.807, 2.05) is 12.1 Å². The monoisotopic (exact) mass is 347 g/mol. The number of aliphatic imine (C=N–C) groups is 1. The lowest BCUT2D eigenvalue weighted by molar-refractivity contribution is 0.181. The Hall–Kier alpha value is -1.75. The third-order valence-electron chi connectivity index (χ3n) is 4.76. The second kappa shape index (κ2) is 10.3. The molecule has 1 aromatic rings. The van der Waals surface area contributed by atoms with Crippen LogP contribution in [0, 0.1) is 5.92 Å². The van der Waals surface area contributed by atoms with Crippen LogP contribution in [0.1, 0.15) is 38.2 Å². The van der Waals surface area contributed by atoms with Gasteiger partial charge in [-0.05, 0) is 43.4 Å². The normalized spacial score (nSPS) is 18.9. The Morgan fingerprint density at radius 1 is 1.40 bits per heavy atom. The maximum absolute atomic E-state index is 5.48. The van der Waals surface area contributed by atoms with E-state index in [-0.39, 0.29) is 0 Å². The summed E-state index contributed by atoms with van der Waals surface area (Å²) >= 11 is 0. The Labute approximate surface area is 152 Å². The molecule has 25 heavy (non-hydrogen) atoms. The molecular weight excluding hydrogens is 314 g/mol. The van der Waals surface area contributed by atoms with Gasteiger partial charge in [-0.1, -0.05) is 19.1 Å². The highest BCUT2D eigenvalue weighted by molar-refractivity contribution is 5.79. The molecule has 0 amide bonds. The molecule has 0 bridgehead atoms. The van der Waals surface area contributed by atoms with Crippen LogP contribution in [0.5, 0.6) is 5.75 Å². The number of ether oxygens (including phenoxy) is 2. The zero-order valence-electron chi connectivity index (χ0n) is 16.1. The topological polar surface area (TPSA) is 46.1 Å². The average Bonchev–Trinajstić information content (AvgIpc) is 3.13. The van der Waals surface area contributed by atoms with Crippen molar-refractivity contribution in [1.82, 2.24) is 10.2 Å². The van der Waals surface area contributed by atoms with Gasteiger partial charge in [-0.2, -0.15) is 0 Å². The minimum Gasteiger partial charge on any atom is -0.497 e. The van der Waals surface area contributed by atoms with E-state index in [1.165, 1.54) is 5.56 Å². The predicted octanol–water partition coefficient (Wildman–Crippen LogP) is 3.12. The van der Waals surface area contributed by atoms with Crippen LogP contribution >= 0.6 is 0 Å². The van der Waals surface area contributed by atoms with E-state index in [9.17, 15) is 0 Å². The Morgan fingerprint density at radius 3 is 2.76 bits per heavy atom. The Balaban J connectivity index is 1.86. The van der Waals surface area contributed by atoms with E-state index in [4.69, 9.17) is 14.5 Å². The summed E-state index contributed by atoms with van der Waals surface area (Å²) < 4.78 is 10.7. The Kier molecular flexibility index (Phi) is 8.06. The van der Waals surface area contributed by atoms with E-state index in [1.54, 1.807) is 7.11 Å². The second-order valence-electron chi connectivity index (χ2n) is 6.81. The largest absolute Gasteiger partial charge is 0.497 e. The van der Waals surface area contributed by atoms with E-state index >= 15 is 0 Å². The number of rotatable bonds is 8. The first-order chi connectivity index (χ1) is 12.1. The van der Waals surface area contributed by atoms with Crippen LogP contribution in [-0.4, -0.2) is 57.9 Å². The molecule has 140 valence electrons. The third-order valence-corrected chi connectivity index (χ3v) is 4.76. The molecule has 1 aromatic carbocycles. The van der Waals surface area contributed by atoms with E-state index in [0.717, 1.165) is 57.4 Å². The molecule has 5 nitrogen and oxygen atoms in total. The summed E-state index contributed by atoms with van der Waals surface area (Å²) in [5.74, 6) is 3.00. The summed E-state index contributed by atoms with van der Waals surface area (Å²) in [5.41, 5.74) is 1.33. The van der Waals surface area contributed by atoms with Gasteiger partial charge in [-0.25, -0.2) is 0 Å². The number of methoxy groups -OCH3 is 1. The smallest absolute Gasteiger partial charge is 0.193 e. The number of nitrogens with one attached hydrogen (secondary N) is 1. The first-order valence-corrected chi connectivity index (χ1v) is 9.35. The highest BCUT2D eigenvalue weighted by atomic mass is 16.5. The van der Waals surface area contributed by atoms with Crippen molar-refractivity contribution in [3.05, 3.63) is 29.8 Å². The van der Waals surface area contributed by atoms with Crippen molar-refractivity contribution in [2.24, 2.45) is 10.9 Å². The van der Waals surface area contributed by atoms with Gasteiger partial charge < -0.3 is 19.7 Å². The third kappa shape index (κ3) is 6.24. The SMILES string of the molecule is CCNC(=NCCC(C)c1ccc(OC)cc1)N(C)CC1CCOC1. The van der Waals surface area contributed by atoms with Crippen LogP contribution in [0.4, 0.5) is 0 Å². The molecule has 1 N–H and O–H groups in total. The van der Waals surface area contributed by atoms with Crippen molar-refractivity contribution < 1.29 is 9.47 Å². The van der Waals surface area contributed by atoms with E-state index in [0.29, 0.717) is 11.8 Å². The van der Waals surface area contributed by atoms with Gasteiger partial charge >= 0.3 is 0 Å². The van der Waals surface area contributed by atoms with Crippen LogP contribution in [0.3, 0.4) is 0 Å². The lowest BCUT2D eigenvalue weighted by atomic mass is 9.98. The van der Waals surface area contributed by atoms with Crippen LogP contribution < -0.4 is 10.1 Å². The Morgan fingerprint density at radius 2 is 2.16 bits per heavy atom. The number of nitrogens with zero attached hydrogens (tertiary/aromatic N) is 2. The fraction of sp³-hybridized carbons (Fsp3) is 0.650. The molecule has 0 saturated carbocycles. The fourth-order valence-corrected chi connectivity index (χ4v) is 3.13. The van der Waals surface area contributed by atoms with Gasteiger partial charge in [0.1, 0.15) is 5.75 Å². The summed E-state index contributed by atoms with van der Waals surface area (Å²) in [6.45, 7) is 8.84. The standard InChI is InChI=1S/C20H33N3O2/c1-5-21-20(23(3)14-17-11-13-25-15-17)22-12-10-16(2)18-6-8-19(24-4)9-7-18/h6-9,16-17H,5,10-15H2,1-4H3,(H,21,22). The maximum Gasteiger partial charge on any atom is 0.193 e. The van der Waals surface area contributed by atoms with Crippen molar-refractivity contribution in [3.8, 4) is 5.75 Å². The maximum atomic E-state index is 5.48. The van der Waals surface area contributed by atoms with Crippen molar-refractivity contribution >= 4 is 5.96 Å². The molecule has 0 aromatic heterocycles. The molecule has 2 rings (SSSR count). The van der Waals surface area contributed by atoms with Gasteiger partial charge in [0.15, 0.2) is 5.96 Å². The van der Waals surface area contributed by atoms with Gasteiger partial charge in [0, 0.05) is 39.2 Å². The highest BCUT2D eigenvalue weighted by Gasteiger charge is 2.19. The van der Waals surface area contributed by atoms with E-state index < -0.39 is 0 Å². The zero-order valence-corrected chi connectivity index (χ0v) is 16.1. The molecule has 5 heteroatoms. The minimum atomic E-state index is 0.478. The molecule has 1 saturated heterocycles. The minimum absolute atomic E-state index is 0.478. The predicted molar refractivity (Wildman–Crippen MR) is 104 cm³/mol. The summed E-state index contributed by atoms with van der Waals surface area (Å²) in [5, 5.41) is 3.40. The summed E-state index contributed by atoms with van der Waals surface area (Å²) in [4.78, 5) is 7.06. The Bertz CT molecular complexity index is 524. The van der Waals surface area contributed by atoms with Crippen LogP contribution in [0.15, 0.2) is 29.3 Å². The van der Waals surface area contributed by atoms with E-state index in [2.05, 4.69) is 43.2 Å². The van der Waals surface area contributed by atoms with Crippen molar-refractivity contribution in [3.63, 3.8) is 0 Å². The summed E-state index contributed by atoms with van der Waals surface area (Å²) in [7, 11) is 3.82. The van der Waals surface area contributed by atoms with Gasteiger partial charge in [0.25, 0.3) is 0 Å². The van der Waals surface area contributed by atoms with Gasteiger partial charge in [0.05, 0.1) is 13.7 Å². The second-order valence-corrected chi connectivity index (χ2v) is 6.81. The first-order valence-electron chi connectivity index (χ1n) is 9.35. The van der Waals surface area contributed by atoms with Crippen LogP contribution in [0.25, 0.3) is 0 Å². The fourth-order valence-electron chi connectivity index (χ4n) is 3.13. The molecule has 1 fully saturated rings. The van der Waals surface area contributed by atoms with Crippen LogP contribution in [0.2, 0.25) is 0 Å². The molecule has 0 radical (unpaired) electrons. The zero-order chi connectivity index (χ0) is 18.1. The number of hydrogen-bond acceptors (Lipinski definition) is 3. The number of hydrogen-bond donors (Lipinski definition) is 1.